The first-order valence-corrected chi connectivity index (χ1v) is 23.8. The second kappa shape index (κ2) is 16.6. The molecule has 0 bridgehead atoms. The molecule has 0 atom stereocenters. The molecule has 4 heterocycles. The van der Waals surface area contributed by atoms with Crippen LogP contribution in [0.15, 0.2) is 237 Å². The van der Waals surface area contributed by atoms with Gasteiger partial charge in [-0.25, -0.2) is 0 Å². The Morgan fingerprint density at radius 1 is 0.333 bits per heavy atom. The number of para-hydroxylation sites is 3. The van der Waals surface area contributed by atoms with Gasteiger partial charge in [-0.05, 0) is 107 Å². The van der Waals surface area contributed by atoms with Gasteiger partial charge in [-0.2, -0.15) is 0 Å². The van der Waals surface area contributed by atoms with E-state index in [1.807, 2.05) is 12.3 Å². The summed E-state index contributed by atoms with van der Waals surface area (Å²) in [6.45, 7) is 0. The molecule has 14 aromatic rings. The van der Waals surface area contributed by atoms with Gasteiger partial charge in [0.05, 0.1) is 39.3 Å². The van der Waals surface area contributed by atoms with Crippen LogP contribution in [0.1, 0.15) is 0 Å². The molecular formula is C63H39IrN4S-. The first-order valence-electron chi connectivity index (χ1n) is 23.0. The average Bonchev–Trinajstić information content (AvgIpc) is 4.18. The van der Waals surface area contributed by atoms with Gasteiger partial charge in [0, 0.05) is 68.8 Å². The van der Waals surface area contributed by atoms with E-state index >= 15 is 0 Å². The van der Waals surface area contributed by atoms with Crippen molar-refractivity contribution in [3.8, 4) is 60.3 Å². The van der Waals surface area contributed by atoms with Crippen LogP contribution in [0.5, 0.6) is 0 Å². The Kier molecular flexibility index (Phi) is 9.88. The van der Waals surface area contributed by atoms with Crippen LogP contribution in [0.3, 0.4) is 0 Å². The van der Waals surface area contributed by atoms with Gasteiger partial charge in [0.1, 0.15) is 5.00 Å². The van der Waals surface area contributed by atoms with Crippen molar-refractivity contribution < 1.29 is 20.1 Å². The smallest absolute Gasteiger partial charge is 0.110 e. The fraction of sp³-hybridized carbons (Fsp3) is 0. The predicted molar refractivity (Wildman–Crippen MR) is 286 cm³/mol. The maximum absolute atomic E-state index is 5.09. The zero-order valence-electron chi connectivity index (χ0n) is 37.0. The normalized spacial score (nSPS) is 11.7. The van der Waals surface area contributed by atoms with Crippen molar-refractivity contribution in [3.05, 3.63) is 243 Å². The molecule has 4 nitrogen and oxygen atoms in total. The first kappa shape index (κ1) is 41.1. The average molecular weight is 1080 g/mol. The van der Waals surface area contributed by atoms with E-state index in [-0.39, 0.29) is 20.1 Å². The number of rotatable bonds is 7. The van der Waals surface area contributed by atoms with E-state index in [0.717, 1.165) is 49.1 Å². The molecular weight excluding hydrogens is 1040 g/mol. The van der Waals surface area contributed by atoms with Gasteiger partial charge in [-0.1, -0.05) is 133 Å². The number of aromatic nitrogens is 4. The zero-order chi connectivity index (χ0) is 44.7. The minimum atomic E-state index is 0. The predicted octanol–water partition coefficient (Wildman–Crippen LogP) is 16.9. The van der Waals surface area contributed by atoms with Gasteiger partial charge in [0.25, 0.3) is 0 Å². The molecule has 327 valence electrons. The molecule has 0 amide bonds. The summed E-state index contributed by atoms with van der Waals surface area (Å²) < 4.78 is 7.20. The Balaban J connectivity index is 0.00000469. The molecule has 0 N–H and O–H groups in total. The first-order chi connectivity index (χ1) is 33.7. The van der Waals surface area contributed by atoms with Gasteiger partial charge in [0.2, 0.25) is 0 Å². The number of benzene rings is 10. The quantitative estimate of drug-likeness (QED) is 0.146. The van der Waals surface area contributed by atoms with Crippen molar-refractivity contribution in [3.63, 3.8) is 0 Å². The Morgan fingerprint density at radius 3 is 1.33 bits per heavy atom. The summed E-state index contributed by atoms with van der Waals surface area (Å²) in [5.74, 6) is 0. The SMILES string of the molecule is [Ir].[c-]1ccc(-c2ccc3c(c2)c2cc4c5ccccc5n(-c5ccccc5)c4cc2n3-c2ccccc2)cc1-c1ncc(-n2c3ccc(-c4ccccc4)cc3c3cc(-c4ccccc4)ccc32)s1. The van der Waals surface area contributed by atoms with Crippen LogP contribution in [0.4, 0.5) is 0 Å². The molecule has 4 aromatic heterocycles. The third-order valence-electron chi connectivity index (χ3n) is 13.6. The molecule has 10 aromatic carbocycles. The number of thiazole rings is 1. The largest absolute Gasteiger partial charge is 0.309 e. The molecule has 14 rings (SSSR count). The molecule has 0 fully saturated rings. The Hall–Kier alpha value is -8.12. The van der Waals surface area contributed by atoms with Crippen molar-refractivity contribution in [2.75, 3.05) is 0 Å². The van der Waals surface area contributed by atoms with Crippen LogP contribution in [-0.4, -0.2) is 18.7 Å². The van der Waals surface area contributed by atoms with Crippen molar-refractivity contribution >= 4 is 76.8 Å². The second-order valence-corrected chi connectivity index (χ2v) is 18.5. The summed E-state index contributed by atoms with van der Waals surface area (Å²) in [5, 5.41) is 9.34. The van der Waals surface area contributed by atoms with Crippen LogP contribution in [0.2, 0.25) is 0 Å². The zero-order valence-corrected chi connectivity index (χ0v) is 40.3. The molecule has 0 saturated carbocycles. The van der Waals surface area contributed by atoms with Crippen LogP contribution >= 0.6 is 11.3 Å². The van der Waals surface area contributed by atoms with Crippen molar-refractivity contribution in [2.24, 2.45) is 0 Å². The molecule has 0 aliphatic rings. The maximum atomic E-state index is 5.09. The minimum Gasteiger partial charge on any atom is -0.309 e. The van der Waals surface area contributed by atoms with Crippen LogP contribution in [0.25, 0.3) is 126 Å². The Labute approximate surface area is 416 Å². The molecule has 6 heteroatoms. The van der Waals surface area contributed by atoms with Gasteiger partial charge < -0.3 is 9.13 Å². The molecule has 0 spiro atoms. The van der Waals surface area contributed by atoms with Gasteiger partial charge in [-0.3, -0.25) is 9.55 Å². The molecule has 0 saturated heterocycles. The van der Waals surface area contributed by atoms with Crippen molar-refractivity contribution in [1.82, 2.24) is 18.7 Å². The van der Waals surface area contributed by atoms with Gasteiger partial charge in [-0.15, -0.1) is 46.7 Å². The Morgan fingerprint density at radius 2 is 0.768 bits per heavy atom. The van der Waals surface area contributed by atoms with E-state index in [4.69, 9.17) is 4.98 Å². The fourth-order valence-electron chi connectivity index (χ4n) is 10.5. The molecule has 0 unspecified atom stereocenters. The second-order valence-electron chi connectivity index (χ2n) is 17.5. The van der Waals surface area contributed by atoms with E-state index in [0.29, 0.717) is 0 Å². The standard InChI is InChI=1S/C63H39N4S.Ir/c1-5-16-41(17-6-1)44-28-32-58-51(35-44)52-36-45(42-18-7-2-8-19-42)29-33-59(52)67(58)62-40-64-63(68-62)47-21-15-20-43(34-47)46-30-31-57-53(37-46)55-38-54-50-26-13-14-27-56(50)65(48-22-9-3-10-23-48)60(54)39-61(55)66(57)49-24-11-4-12-25-49;/h1-20,22-40H;/q-1;. The van der Waals surface area contributed by atoms with E-state index in [1.165, 1.54) is 76.6 Å². The molecule has 69 heavy (non-hydrogen) atoms. The monoisotopic (exact) mass is 1080 g/mol. The summed E-state index contributed by atoms with van der Waals surface area (Å²) in [6.07, 6.45) is 2.02. The fourth-order valence-corrected chi connectivity index (χ4v) is 11.4. The van der Waals surface area contributed by atoms with E-state index in [9.17, 15) is 0 Å². The van der Waals surface area contributed by atoms with E-state index in [2.05, 4.69) is 244 Å². The number of hydrogen-bond acceptors (Lipinski definition) is 2. The maximum Gasteiger partial charge on any atom is 0.110 e. The topological polar surface area (TPSA) is 27.7 Å². The van der Waals surface area contributed by atoms with E-state index < -0.39 is 0 Å². The summed E-state index contributed by atoms with van der Waals surface area (Å²) >= 11 is 1.70. The number of fused-ring (bicyclic) bond motifs is 9. The number of hydrogen-bond donors (Lipinski definition) is 0. The van der Waals surface area contributed by atoms with Crippen LogP contribution in [-0.2, 0) is 20.1 Å². The third kappa shape index (κ3) is 6.71. The van der Waals surface area contributed by atoms with Crippen molar-refractivity contribution in [1.29, 1.82) is 0 Å². The van der Waals surface area contributed by atoms with E-state index in [1.54, 1.807) is 11.3 Å². The summed E-state index contributed by atoms with van der Waals surface area (Å²) in [7, 11) is 0. The summed E-state index contributed by atoms with van der Waals surface area (Å²) in [5.41, 5.74) is 17.4. The third-order valence-corrected chi connectivity index (χ3v) is 14.7. The molecule has 0 aliphatic heterocycles. The molecule has 1 radical (unpaired) electrons. The minimum absolute atomic E-state index is 0. The van der Waals surface area contributed by atoms with Gasteiger partial charge in [0.15, 0.2) is 0 Å². The number of nitrogens with zero attached hydrogens (tertiary/aromatic N) is 4. The van der Waals surface area contributed by atoms with Crippen molar-refractivity contribution in [2.45, 2.75) is 0 Å². The van der Waals surface area contributed by atoms with Crippen LogP contribution < -0.4 is 0 Å². The molecule has 0 aliphatic carbocycles. The Bertz CT molecular complexity index is 4150. The van der Waals surface area contributed by atoms with Gasteiger partial charge >= 0.3 is 0 Å². The van der Waals surface area contributed by atoms with Crippen LogP contribution in [0, 0.1) is 6.07 Å². The summed E-state index contributed by atoms with van der Waals surface area (Å²) in [6, 6.07) is 86.9. The summed E-state index contributed by atoms with van der Waals surface area (Å²) in [4.78, 5) is 5.09.